The first kappa shape index (κ1) is 22.9. The normalized spacial score (nSPS) is 11.3. The lowest BCUT2D eigenvalue weighted by Gasteiger charge is -2.21. The molecule has 164 valence electrons. The second-order valence-electron chi connectivity index (χ2n) is 6.57. The third-order valence-electron chi connectivity index (χ3n) is 3.98. The number of nitrogens with zero attached hydrogens (tertiary/aromatic N) is 3. The number of nitrogens with one attached hydrogen (secondary N) is 1. The van der Waals surface area contributed by atoms with Crippen molar-refractivity contribution in [3.05, 3.63) is 65.0 Å². The molecule has 3 rings (SSSR count). The second-order valence-corrected chi connectivity index (χ2v) is 9.75. The van der Waals surface area contributed by atoms with Crippen molar-refractivity contribution in [1.82, 2.24) is 15.1 Å². The Kier molecular flexibility index (Phi) is 7.42. The highest BCUT2D eigenvalue weighted by Crippen LogP contribution is 2.27. The molecule has 0 spiro atoms. The van der Waals surface area contributed by atoms with Crippen molar-refractivity contribution in [2.75, 3.05) is 22.5 Å². The monoisotopic (exact) mass is 481 g/mol. The molecule has 0 aliphatic rings. The van der Waals surface area contributed by atoms with E-state index in [4.69, 9.17) is 21.8 Å². The summed E-state index contributed by atoms with van der Waals surface area (Å²) in [6, 6.07) is 13.9. The van der Waals surface area contributed by atoms with Crippen molar-refractivity contribution >= 4 is 51.0 Å². The van der Waals surface area contributed by atoms with Crippen LogP contribution in [0.3, 0.4) is 0 Å². The molecule has 0 unspecified atom stereocenters. The van der Waals surface area contributed by atoms with E-state index in [0.717, 1.165) is 16.7 Å². The molecule has 0 saturated carbocycles. The van der Waals surface area contributed by atoms with Crippen LogP contribution in [-0.2, 0) is 27.9 Å². The highest BCUT2D eigenvalue weighted by Gasteiger charge is 2.19. The molecule has 0 saturated heterocycles. The smallest absolute Gasteiger partial charge is 0.312 e. The van der Waals surface area contributed by atoms with E-state index in [1.54, 1.807) is 35.2 Å². The van der Waals surface area contributed by atoms with E-state index in [-0.39, 0.29) is 36.7 Å². The van der Waals surface area contributed by atoms with E-state index in [1.165, 1.54) is 11.8 Å². The Morgan fingerprint density at radius 3 is 2.48 bits per heavy atom. The van der Waals surface area contributed by atoms with Gasteiger partial charge in [-0.1, -0.05) is 41.0 Å². The molecule has 2 aromatic carbocycles. The maximum absolute atomic E-state index is 12.9. The predicted molar refractivity (Wildman–Crippen MR) is 120 cm³/mol. The van der Waals surface area contributed by atoms with Gasteiger partial charge in [0.25, 0.3) is 0 Å². The summed E-state index contributed by atoms with van der Waals surface area (Å²) in [5, 5.41) is 8.02. The van der Waals surface area contributed by atoms with Crippen LogP contribution >= 0.6 is 23.4 Å². The van der Waals surface area contributed by atoms with Gasteiger partial charge in [0, 0.05) is 17.1 Å². The molecule has 0 aliphatic carbocycles. The minimum absolute atomic E-state index is 0.0788. The fraction of sp³-hybridized carbons (Fsp3) is 0.211. The Labute approximate surface area is 189 Å². The number of aromatic nitrogens is 2. The molecule has 3 N–H and O–H groups in total. The number of rotatable bonds is 9. The third kappa shape index (κ3) is 7.16. The van der Waals surface area contributed by atoms with Gasteiger partial charge in [0.2, 0.25) is 21.8 Å². The summed E-state index contributed by atoms with van der Waals surface area (Å²) in [5.41, 5.74) is 6.71. The number of sulfonamides is 1. The van der Waals surface area contributed by atoms with E-state index in [0.29, 0.717) is 10.7 Å². The molecule has 31 heavy (non-hydrogen) atoms. The highest BCUT2D eigenvalue weighted by atomic mass is 35.5. The Morgan fingerprint density at radius 2 is 1.87 bits per heavy atom. The molecule has 0 bridgehead atoms. The van der Waals surface area contributed by atoms with Gasteiger partial charge in [-0.3, -0.25) is 9.52 Å². The zero-order valence-corrected chi connectivity index (χ0v) is 18.9. The average Bonchev–Trinajstić information content (AvgIpc) is 3.11. The largest absolute Gasteiger partial charge is 0.406 e. The molecular weight excluding hydrogens is 462 g/mol. The van der Waals surface area contributed by atoms with Crippen molar-refractivity contribution in [3.63, 3.8) is 0 Å². The molecule has 9 nitrogen and oxygen atoms in total. The fourth-order valence-electron chi connectivity index (χ4n) is 2.63. The Hall–Kier alpha value is -2.76. The van der Waals surface area contributed by atoms with E-state index in [2.05, 4.69) is 14.9 Å². The maximum atomic E-state index is 12.9. The van der Waals surface area contributed by atoms with E-state index < -0.39 is 10.0 Å². The minimum atomic E-state index is -3.37. The Morgan fingerprint density at radius 1 is 1.16 bits per heavy atom. The molecule has 1 aromatic heterocycles. The third-order valence-corrected chi connectivity index (χ3v) is 6.09. The van der Waals surface area contributed by atoms with Gasteiger partial charge in [-0.25, -0.2) is 8.42 Å². The number of hydrogen-bond acceptors (Lipinski definition) is 8. The topological polar surface area (TPSA) is 131 Å². The number of benzene rings is 2. The van der Waals surface area contributed by atoms with Gasteiger partial charge in [0.15, 0.2) is 0 Å². The molecule has 0 fully saturated rings. The van der Waals surface area contributed by atoms with Crippen LogP contribution in [0.15, 0.2) is 57.8 Å². The zero-order valence-electron chi connectivity index (χ0n) is 16.5. The molecule has 0 atom stereocenters. The zero-order chi connectivity index (χ0) is 22.4. The molecule has 0 aliphatic heterocycles. The number of nitrogen functional groups attached to an aromatic ring is 1. The van der Waals surface area contributed by atoms with Crippen molar-refractivity contribution in [3.8, 4) is 0 Å². The fourth-order valence-corrected chi connectivity index (χ4v) is 4.34. The van der Waals surface area contributed by atoms with Crippen LogP contribution in [0, 0.1) is 0 Å². The SMILES string of the molecule is CS(=O)(=O)Nc1ccc(CN(Cc2nnc(N)o2)C(=O)CSc2ccccc2Cl)cc1. The van der Waals surface area contributed by atoms with Crippen LogP contribution in [0.2, 0.25) is 5.02 Å². The van der Waals surface area contributed by atoms with Crippen molar-refractivity contribution in [2.45, 2.75) is 18.0 Å². The van der Waals surface area contributed by atoms with Crippen LogP contribution in [0.4, 0.5) is 11.7 Å². The highest BCUT2D eigenvalue weighted by molar-refractivity contribution is 8.00. The van der Waals surface area contributed by atoms with Crippen LogP contribution in [0.1, 0.15) is 11.5 Å². The van der Waals surface area contributed by atoms with Gasteiger partial charge >= 0.3 is 6.01 Å². The van der Waals surface area contributed by atoms with Gasteiger partial charge in [-0.05, 0) is 29.8 Å². The molecule has 1 heterocycles. The molecule has 1 amide bonds. The molecule has 12 heteroatoms. The summed E-state index contributed by atoms with van der Waals surface area (Å²) < 4.78 is 30.3. The summed E-state index contributed by atoms with van der Waals surface area (Å²) in [7, 11) is -3.37. The van der Waals surface area contributed by atoms with Crippen LogP contribution in [0.25, 0.3) is 0 Å². The standard InChI is InChI=1S/C19H20ClN5O4S2/c1-31(27,28)24-14-8-6-13(7-9-14)10-25(11-17-22-23-19(21)29-17)18(26)12-30-16-5-3-2-4-15(16)20/h2-9,24H,10-12H2,1H3,(H2,21,23). The minimum Gasteiger partial charge on any atom is -0.406 e. The van der Waals surface area contributed by atoms with Gasteiger partial charge in [-0.2, -0.15) is 0 Å². The van der Waals surface area contributed by atoms with Gasteiger partial charge in [-0.15, -0.1) is 16.9 Å². The van der Waals surface area contributed by atoms with Gasteiger partial charge in [0.05, 0.1) is 23.6 Å². The summed E-state index contributed by atoms with van der Waals surface area (Å²) in [5.74, 6) is 0.199. The van der Waals surface area contributed by atoms with Crippen LogP contribution < -0.4 is 10.5 Å². The maximum Gasteiger partial charge on any atom is 0.312 e. The first-order valence-electron chi connectivity index (χ1n) is 8.99. The van der Waals surface area contributed by atoms with Crippen molar-refractivity contribution in [2.24, 2.45) is 0 Å². The van der Waals surface area contributed by atoms with Crippen LogP contribution in [0.5, 0.6) is 0 Å². The second kappa shape index (κ2) is 10.0. The number of halogens is 1. The number of thioether (sulfide) groups is 1. The van der Waals surface area contributed by atoms with Crippen molar-refractivity contribution < 1.29 is 17.6 Å². The summed E-state index contributed by atoms with van der Waals surface area (Å²) in [6.45, 7) is 0.332. The number of hydrogen-bond donors (Lipinski definition) is 2. The van der Waals surface area contributed by atoms with E-state index in [9.17, 15) is 13.2 Å². The predicted octanol–water partition coefficient (Wildman–Crippen LogP) is 3.00. The van der Waals surface area contributed by atoms with E-state index >= 15 is 0 Å². The number of carbonyl (C=O) groups is 1. The summed E-state index contributed by atoms with van der Waals surface area (Å²) in [4.78, 5) is 15.3. The molecular formula is C19H20ClN5O4S2. The lowest BCUT2D eigenvalue weighted by atomic mass is 10.2. The van der Waals surface area contributed by atoms with Crippen molar-refractivity contribution in [1.29, 1.82) is 0 Å². The number of carbonyl (C=O) groups excluding carboxylic acids is 1. The lowest BCUT2D eigenvalue weighted by Crippen LogP contribution is -2.31. The summed E-state index contributed by atoms with van der Waals surface area (Å²) in [6.07, 6.45) is 1.08. The number of nitrogens with two attached hydrogens (primary N) is 1. The van der Waals surface area contributed by atoms with Gasteiger partial charge in [0.1, 0.15) is 0 Å². The van der Waals surface area contributed by atoms with Crippen LogP contribution in [-0.4, -0.2) is 41.4 Å². The quantitative estimate of drug-likeness (QED) is 0.446. The number of amides is 1. The lowest BCUT2D eigenvalue weighted by molar-refractivity contribution is -0.129. The average molecular weight is 482 g/mol. The first-order chi connectivity index (χ1) is 14.7. The number of anilines is 2. The summed E-state index contributed by atoms with van der Waals surface area (Å²) >= 11 is 7.50. The first-order valence-corrected chi connectivity index (χ1v) is 12.2. The van der Waals surface area contributed by atoms with Gasteiger partial charge < -0.3 is 15.1 Å². The van der Waals surface area contributed by atoms with E-state index in [1.807, 2.05) is 18.2 Å². The molecule has 3 aromatic rings. The molecule has 0 radical (unpaired) electrons. The Balaban J connectivity index is 1.72. The Bertz CT molecular complexity index is 1150.